The van der Waals surface area contributed by atoms with Crippen molar-refractivity contribution in [3.8, 4) is 0 Å². The molecule has 0 fully saturated rings. The van der Waals surface area contributed by atoms with Gasteiger partial charge >= 0.3 is 0 Å². The Hall–Kier alpha value is -0.530. The monoisotopic (exact) mass is 162 g/mol. The Kier molecular flexibility index (Phi) is 6.65. The zero-order valence-corrected chi connectivity index (χ0v) is 7.70. The highest BCUT2D eigenvalue weighted by Crippen LogP contribution is 1.99. The molecule has 0 saturated heterocycles. The summed E-state index contributed by atoms with van der Waals surface area (Å²) in [6, 6.07) is 1.97. The van der Waals surface area contributed by atoms with Crippen LogP contribution in [0.1, 0.15) is 0 Å². The van der Waals surface area contributed by atoms with Crippen molar-refractivity contribution in [3.05, 3.63) is 18.5 Å². The number of aromatic nitrogens is 1. The van der Waals surface area contributed by atoms with Crippen LogP contribution in [0.3, 0.4) is 0 Å². The van der Waals surface area contributed by atoms with Gasteiger partial charge in [-0.1, -0.05) is 0 Å². The van der Waals surface area contributed by atoms with Gasteiger partial charge in [-0.3, -0.25) is 0 Å². The molecule has 1 aromatic rings. The normalized spacial score (nSPS) is 8.08. The van der Waals surface area contributed by atoms with Crippen molar-refractivity contribution in [1.29, 1.82) is 0 Å². The van der Waals surface area contributed by atoms with Gasteiger partial charge in [-0.05, 0) is 6.07 Å². The van der Waals surface area contributed by atoms with Gasteiger partial charge in [-0.2, -0.15) is 0 Å². The number of hydrogen-bond acceptors (Lipinski definition) is 1. The predicted octanol–water partition coefficient (Wildman–Crippen LogP) is -1.23. The quantitative estimate of drug-likeness (QED) is 0.522. The topological polar surface area (TPSA) is 27.8 Å². The smallest absolute Gasteiger partial charge is 0.0515 e. The molecule has 13 heavy (non-hydrogen) atoms. The number of rotatable bonds is 2. The van der Waals surface area contributed by atoms with E-state index in [9.17, 15) is 0 Å². The molecule has 0 bridgehead atoms. The van der Waals surface area contributed by atoms with E-state index in [0.717, 1.165) is 5.69 Å². The molecule has 0 aliphatic rings. The highest BCUT2D eigenvalue weighted by molar-refractivity contribution is 7.76. The Balaban J connectivity index is 0.000000226. The molecular weight excluding hydrogens is 153 g/mol. The summed E-state index contributed by atoms with van der Waals surface area (Å²) >= 11 is 0. The van der Waals surface area contributed by atoms with Crippen LogP contribution in [0.25, 0.3) is 0 Å². The second-order valence-corrected chi connectivity index (χ2v) is 2.50. The van der Waals surface area contributed by atoms with E-state index in [1.807, 2.05) is 25.5 Å². The fraction of sp³-hybridized carbons (Fsp3) is 0.200. The van der Waals surface area contributed by atoms with Gasteiger partial charge in [0.25, 0.3) is 0 Å². The van der Waals surface area contributed by atoms with Gasteiger partial charge in [0.1, 0.15) is 0 Å². The first-order chi connectivity index (χ1) is 6.07. The van der Waals surface area contributed by atoms with E-state index in [1.165, 1.54) is 0 Å². The molecule has 8 radical (unpaired) electrons. The zero-order valence-electron chi connectivity index (χ0n) is 7.70. The van der Waals surface area contributed by atoms with Crippen LogP contribution in [0.15, 0.2) is 18.5 Å². The van der Waals surface area contributed by atoms with Crippen molar-refractivity contribution in [3.63, 3.8) is 0 Å². The largest absolute Gasteiger partial charge is 0.387 e. The van der Waals surface area contributed by atoms with Crippen LogP contribution in [0.4, 0.5) is 5.69 Å². The van der Waals surface area contributed by atoms with Crippen molar-refractivity contribution in [2.24, 2.45) is 0 Å². The first-order valence-corrected chi connectivity index (χ1v) is 3.90. The number of aromatic amines is 1. The van der Waals surface area contributed by atoms with Gasteiger partial charge in [-0.15, -0.1) is 0 Å². The van der Waals surface area contributed by atoms with Crippen LogP contribution in [0.2, 0.25) is 0 Å². The molecular formula is C5H8B6N2. The number of H-pyrrole nitrogens is 1. The Morgan fingerprint density at radius 3 is 1.92 bits per heavy atom. The molecule has 1 aromatic heterocycles. The van der Waals surface area contributed by atoms with Crippen molar-refractivity contribution >= 4 is 49.4 Å². The maximum Gasteiger partial charge on any atom is 0.0515 e. The lowest BCUT2D eigenvalue weighted by Crippen LogP contribution is -2.38. The van der Waals surface area contributed by atoms with Crippen LogP contribution in [-0.4, -0.2) is 55.8 Å². The Labute approximate surface area is 85.7 Å². The third-order valence-electron chi connectivity index (χ3n) is 1.33. The Morgan fingerprint density at radius 2 is 1.77 bits per heavy atom. The van der Waals surface area contributed by atoms with E-state index < -0.39 is 12.8 Å². The molecule has 1 rings (SSSR count). The second-order valence-electron chi connectivity index (χ2n) is 2.50. The molecule has 0 aliphatic carbocycles. The minimum Gasteiger partial charge on any atom is -0.387 e. The predicted molar refractivity (Wildman–Crippen MR) is 64.9 cm³/mol. The van der Waals surface area contributed by atoms with E-state index in [1.54, 1.807) is 0 Å². The van der Waals surface area contributed by atoms with Crippen molar-refractivity contribution in [2.45, 2.75) is 0 Å². The lowest BCUT2D eigenvalue weighted by atomic mass is 8.81. The molecule has 8 heteroatoms. The summed E-state index contributed by atoms with van der Waals surface area (Å²) in [6.07, 6.45) is 2.60. The summed E-state index contributed by atoms with van der Waals surface area (Å²) in [7, 11) is 21.7. The molecule has 2 N–H and O–H groups in total. The average molecular weight is 161 g/mol. The lowest BCUT2D eigenvalue weighted by molar-refractivity contribution is 1.41. The Morgan fingerprint density at radius 1 is 1.23 bits per heavy atom. The molecule has 1 heterocycles. The molecule has 0 spiro atoms. The maximum absolute atomic E-state index is 4.96. The van der Waals surface area contributed by atoms with E-state index >= 15 is 0 Å². The van der Waals surface area contributed by atoms with Gasteiger partial charge in [0.15, 0.2) is 0 Å². The lowest BCUT2D eigenvalue weighted by Gasteiger charge is -2.00. The van der Waals surface area contributed by atoms with Gasteiger partial charge in [0, 0.05) is 63.2 Å². The molecule has 56 valence electrons. The minimum atomic E-state index is -0.593. The number of anilines is 1. The molecule has 0 aliphatic heterocycles. The van der Waals surface area contributed by atoms with Gasteiger partial charge in [0.05, 0.1) is 5.69 Å². The first-order valence-electron chi connectivity index (χ1n) is 3.90. The summed E-state index contributed by atoms with van der Waals surface area (Å²) < 4.78 is 0. The molecule has 0 atom stereocenters. The van der Waals surface area contributed by atoms with E-state index in [4.69, 9.17) is 30.9 Å². The summed E-state index contributed by atoms with van der Waals surface area (Å²) in [5.41, 5.74) is 1.13. The van der Waals surface area contributed by atoms with E-state index in [2.05, 4.69) is 10.3 Å². The molecule has 0 saturated carbocycles. The zero-order chi connectivity index (χ0) is 10.3. The van der Waals surface area contributed by atoms with Crippen molar-refractivity contribution in [2.75, 3.05) is 12.4 Å². The summed E-state index contributed by atoms with van der Waals surface area (Å²) in [6.45, 7) is 0. The number of nitrogens with one attached hydrogen (secondary N) is 2. The second kappa shape index (κ2) is 6.93. The third kappa shape index (κ3) is 6.61. The molecule has 0 amide bonds. The highest BCUT2D eigenvalue weighted by Gasteiger charge is 2.00. The standard InChI is InChI=1S/C5H8N2.B6/c1-6-5-2-3-7-4-5;1-5(2)6(3)4/h2-4,6-7H,1H3;. The Bertz CT molecular complexity index is 193. The fourth-order valence-corrected chi connectivity index (χ4v) is 0.479. The minimum absolute atomic E-state index is 0.593. The van der Waals surface area contributed by atoms with Crippen LogP contribution < -0.4 is 5.32 Å². The first kappa shape index (κ1) is 12.5. The van der Waals surface area contributed by atoms with Crippen LogP contribution in [0.5, 0.6) is 0 Å². The molecule has 0 aromatic carbocycles. The van der Waals surface area contributed by atoms with Gasteiger partial charge < -0.3 is 10.3 Å². The average Bonchev–Trinajstić information content (AvgIpc) is 2.56. The molecule has 2 nitrogen and oxygen atoms in total. The van der Waals surface area contributed by atoms with Crippen molar-refractivity contribution < 1.29 is 0 Å². The summed E-state index contributed by atoms with van der Waals surface area (Å²) in [5.74, 6) is 0. The molecule has 0 unspecified atom stereocenters. The van der Waals surface area contributed by atoms with Crippen LogP contribution in [0, 0.1) is 0 Å². The maximum atomic E-state index is 4.96. The van der Waals surface area contributed by atoms with E-state index in [0.29, 0.717) is 0 Å². The number of hydrogen-bond donors (Lipinski definition) is 2. The van der Waals surface area contributed by atoms with Crippen molar-refractivity contribution in [1.82, 2.24) is 4.98 Å². The summed E-state index contributed by atoms with van der Waals surface area (Å²) in [5, 5.41) is 2.98. The summed E-state index contributed by atoms with van der Waals surface area (Å²) in [4.78, 5) is 2.92. The fourth-order valence-electron chi connectivity index (χ4n) is 0.479. The van der Waals surface area contributed by atoms with Gasteiger partial charge in [-0.25, -0.2) is 0 Å². The van der Waals surface area contributed by atoms with Crippen LogP contribution in [-0.2, 0) is 0 Å². The van der Waals surface area contributed by atoms with Crippen LogP contribution >= 0.6 is 0 Å². The SMILES string of the molecule is CNc1cc[nH]c1.[B]B([B])B([B])[B]. The third-order valence-corrected chi connectivity index (χ3v) is 1.33. The van der Waals surface area contributed by atoms with E-state index in [-0.39, 0.29) is 0 Å². The highest BCUT2D eigenvalue weighted by atomic mass is 14.8. The van der Waals surface area contributed by atoms with Gasteiger partial charge in [0.2, 0.25) is 0 Å².